The fourth-order valence-corrected chi connectivity index (χ4v) is 2.35. The van der Waals surface area contributed by atoms with Gasteiger partial charge in [-0.3, -0.25) is 4.79 Å². The summed E-state index contributed by atoms with van der Waals surface area (Å²) < 4.78 is 6.85. The van der Waals surface area contributed by atoms with Crippen molar-refractivity contribution in [2.75, 3.05) is 12.8 Å². The van der Waals surface area contributed by atoms with Crippen molar-refractivity contribution in [1.82, 2.24) is 15.1 Å². The number of benzene rings is 1. The molecule has 0 aliphatic heterocycles. The molecule has 3 N–H and O–H groups in total. The van der Waals surface area contributed by atoms with Gasteiger partial charge in [-0.15, -0.1) is 0 Å². The molecular weight excluding hydrogens is 268 g/mol. The van der Waals surface area contributed by atoms with Gasteiger partial charge in [-0.2, -0.15) is 5.10 Å². The molecule has 0 radical (unpaired) electrons. The Morgan fingerprint density at radius 3 is 2.71 bits per heavy atom. The van der Waals surface area contributed by atoms with Crippen LogP contribution in [0.3, 0.4) is 0 Å². The summed E-state index contributed by atoms with van der Waals surface area (Å²) in [7, 11) is 1.69. The minimum Gasteiger partial charge on any atom is -0.399 e. The highest BCUT2D eigenvalue weighted by Gasteiger charge is 2.30. The number of amides is 1. The van der Waals surface area contributed by atoms with E-state index in [9.17, 15) is 4.79 Å². The van der Waals surface area contributed by atoms with E-state index in [0.717, 1.165) is 18.5 Å². The smallest absolute Gasteiger partial charge is 0.272 e. The van der Waals surface area contributed by atoms with Crippen LogP contribution in [0.5, 0.6) is 0 Å². The molecule has 2 aromatic rings. The molecule has 21 heavy (non-hydrogen) atoms. The molecular formula is C15H18N4O2. The van der Waals surface area contributed by atoms with Crippen molar-refractivity contribution in [3.63, 3.8) is 0 Å². The van der Waals surface area contributed by atoms with Crippen molar-refractivity contribution < 1.29 is 9.53 Å². The Morgan fingerprint density at radius 2 is 2.05 bits per heavy atom. The van der Waals surface area contributed by atoms with Crippen LogP contribution in [0.15, 0.2) is 36.5 Å². The molecule has 1 amide bonds. The molecule has 1 aliphatic rings. The van der Waals surface area contributed by atoms with Gasteiger partial charge in [-0.05, 0) is 43.2 Å². The van der Waals surface area contributed by atoms with E-state index in [0.29, 0.717) is 11.4 Å². The highest BCUT2D eigenvalue weighted by molar-refractivity contribution is 5.92. The van der Waals surface area contributed by atoms with Crippen molar-refractivity contribution in [2.24, 2.45) is 0 Å². The Hall–Kier alpha value is -2.34. The van der Waals surface area contributed by atoms with Gasteiger partial charge in [0.2, 0.25) is 0 Å². The number of hydrogen-bond acceptors (Lipinski definition) is 4. The molecule has 110 valence electrons. The zero-order chi connectivity index (χ0) is 14.8. The SMILES string of the molecule is COC1CC(NC(=O)c2ccn(-c3ccc(N)cc3)n2)C1. The molecule has 1 saturated carbocycles. The van der Waals surface area contributed by atoms with Gasteiger partial charge >= 0.3 is 0 Å². The summed E-state index contributed by atoms with van der Waals surface area (Å²) >= 11 is 0. The van der Waals surface area contributed by atoms with Gasteiger partial charge in [-0.25, -0.2) is 4.68 Å². The van der Waals surface area contributed by atoms with Crippen LogP contribution in [0.1, 0.15) is 23.3 Å². The van der Waals surface area contributed by atoms with Crippen molar-refractivity contribution >= 4 is 11.6 Å². The van der Waals surface area contributed by atoms with Gasteiger partial charge in [-0.1, -0.05) is 0 Å². The highest BCUT2D eigenvalue weighted by atomic mass is 16.5. The number of carbonyl (C=O) groups excluding carboxylic acids is 1. The van der Waals surface area contributed by atoms with E-state index >= 15 is 0 Å². The van der Waals surface area contributed by atoms with Gasteiger partial charge < -0.3 is 15.8 Å². The van der Waals surface area contributed by atoms with E-state index in [1.54, 1.807) is 36.2 Å². The number of anilines is 1. The summed E-state index contributed by atoms with van der Waals surface area (Å²) in [5.41, 5.74) is 7.63. The summed E-state index contributed by atoms with van der Waals surface area (Å²) in [6.07, 6.45) is 3.75. The van der Waals surface area contributed by atoms with Crippen molar-refractivity contribution in [3.8, 4) is 5.69 Å². The first-order valence-electron chi connectivity index (χ1n) is 6.91. The average molecular weight is 286 g/mol. The van der Waals surface area contributed by atoms with Crippen molar-refractivity contribution in [1.29, 1.82) is 0 Å². The summed E-state index contributed by atoms with van der Waals surface area (Å²) in [6, 6.07) is 9.21. The van der Waals surface area contributed by atoms with Crippen LogP contribution in [0, 0.1) is 0 Å². The molecule has 6 nitrogen and oxygen atoms in total. The maximum atomic E-state index is 12.1. The Kier molecular flexibility index (Phi) is 3.62. The summed E-state index contributed by atoms with van der Waals surface area (Å²) in [4.78, 5) is 12.1. The lowest BCUT2D eigenvalue weighted by Crippen LogP contribution is -2.47. The molecule has 0 atom stereocenters. The van der Waals surface area contributed by atoms with Crippen molar-refractivity contribution in [2.45, 2.75) is 25.0 Å². The van der Waals surface area contributed by atoms with E-state index < -0.39 is 0 Å². The number of nitrogen functional groups attached to an aromatic ring is 1. The monoisotopic (exact) mass is 286 g/mol. The fraction of sp³-hybridized carbons (Fsp3) is 0.333. The Labute approximate surface area is 122 Å². The lowest BCUT2D eigenvalue weighted by molar-refractivity contribution is 0.0175. The third-order valence-electron chi connectivity index (χ3n) is 3.74. The minimum absolute atomic E-state index is 0.149. The van der Waals surface area contributed by atoms with E-state index in [2.05, 4.69) is 10.4 Å². The van der Waals surface area contributed by atoms with E-state index in [1.165, 1.54) is 0 Å². The Balaban J connectivity index is 1.64. The maximum absolute atomic E-state index is 12.1. The number of methoxy groups -OCH3 is 1. The third kappa shape index (κ3) is 2.90. The molecule has 1 aliphatic carbocycles. The highest BCUT2D eigenvalue weighted by Crippen LogP contribution is 2.22. The molecule has 0 bridgehead atoms. The topological polar surface area (TPSA) is 82.2 Å². The summed E-state index contributed by atoms with van der Waals surface area (Å²) in [5, 5.41) is 7.25. The van der Waals surface area contributed by atoms with E-state index in [-0.39, 0.29) is 18.1 Å². The molecule has 6 heteroatoms. The standard InChI is InChI=1S/C15H18N4O2/c1-21-13-8-11(9-13)17-15(20)14-6-7-19(18-14)12-4-2-10(16)3-5-12/h2-7,11,13H,8-9,16H2,1H3,(H,17,20). The zero-order valence-corrected chi connectivity index (χ0v) is 11.8. The Bertz CT molecular complexity index is 629. The molecule has 1 fully saturated rings. The van der Waals surface area contributed by atoms with Gasteiger partial charge in [0.1, 0.15) is 0 Å². The molecule has 1 heterocycles. The van der Waals surface area contributed by atoms with Gasteiger partial charge in [0.25, 0.3) is 5.91 Å². The first kappa shape index (κ1) is 13.6. The van der Waals surface area contributed by atoms with Crippen LogP contribution in [0.2, 0.25) is 0 Å². The molecule has 0 saturated heterocycles. The largest absolute Gasteiger partial charge is 0.399 e. The third-order valence-corrected chi connectivity index (χ3v) is 3.74. The number of aromatic nitrogens is 2. The number of ether oxygens (including phenoxy) is 1. The van der Waals surface area contributed by atoms with Crippen LogP contribution < -0.4 is 11.1 Å². The zero-order valence-electron chi connectivity index (χ0n) is 11.8. The van der Waals surface area contributed by atoms with Gasteiger partial charge in [0, 0.05) is 25.0 Å². The van der Waals surface area contributed by atoms with Crippen LogP contribution in [0.4, 0.5) is 5.69 Å². The van der Waals surface area contributed by atoms with E-state index in [1.807, 2.05) is 12.1 Å². The maximum Gasteiger partial charge on any atom is 0.272 e. The normalized spacial score (nSPS) is 20.8. The second-order valence-electron chi connectivity index (χ2n) is 5.24. The second-order valence-corrected chi connectivity index (χ2v) is 5.24. The molecule has 3 rings (SSSR count). The van der Waals surface area contributed by atoms with Crippen LogP contribution in [0.25, 0.3) is 5.69 Å². The lowest BCUT2D eigenvalue weighted by atomic mass is 9.89. The second kappa shape index (κ2) is 5.57. The van der Waals surface area contributed by atoms with Crippen LogP contribution in [-0.4, -0.2) is 34.9 Å². The lowest BCUT2D eigenvalue weighted by Gasteiger charge is -2.34. The first-order valence-corrected chi connectivity index (χ1v) is 6.91. The fourth-order valence-electron chi connectivity index (χ4n) is 2.35. The minimum atomic E-state index is -0.149. The predicted molar refractivity (Wildman–Crippen MR) is 79.3 cm³/mol. The first-order chi connectivity index (χ1) is 10.2. The number of carbonyl (C=O) groups is 1. The molecule has 0 unspecified atom stereocenters. The number of nitrogens with two attached hydrogens (primary N) is 1. The van der Waals surface area contributed by atoms with Crippen LogP contribution >= 0.6 is 0 Å². The summed E-state index contributed by atoms with van der Waals surface area (Å²) in [6.45, 7) is 0. The molecule has 0 spiro atoms. The van der Waals surface area contributed by atoms with Crippen LogP contribution in [-0.2, 0) is 4.74 Å². The number of rotatable bonds is 4. The predicted octanol–water partition coefficient (Wildman–Crippen LogP) is 1.36. The number of nitrogens with one attached hydrogen (secondary N) is 1. The Morgan fingerprint density at radius 1 is 1.33 bits per heavy atom. The van der Waals surface area contributed by atoms with Crippen molar-refractivity contribution in [3.05, 3.63) is 42.2 Å². The number of nitrogens with zero attached hydrogens (tertiary/aromatic N) is 2. The van der Waals surface area contributed by atoms with E-state index in [4.69, 9.17) is 10.5 Å². The summed E-state index contributed by atoms with van der Waals surface area (Å²) in [5.74, 6) is -0.149. The molecule has 1 aromatic carbocycles. The van der Waals surface area contributed by atoms with Gasteiger partial charge in [0.05, 0.1) is 11.8 Å². The quantitative estimate of drug-likeness (QED) is 0.831. The molecule has 1 aromatic heterocycles. The number of hydrogen-bond donors (Lipinski definition) is 2. The van der Waals surface area contributed by atoms with Gasteiger partial charge in [0.15, 0.2) is 5.69 Å². The average Bonchev–Trinajstić information content (AvgIpc) is 2.92.